The van der Waals surface area contributed by atoms with Crippen LogP contribution in [0.1, 0.15) is 11.4 Å². The second-order valence-corrected chi connectivity index (χ2v) is 4.26. The zero-order chi connectivity index (χ0) is 15.5. The molecule has 1 heterocycles. The molecule has 0 radical (unpaired) electrons. The monoisotopic (exact) mass is 299 g/mol. The smallest absolute Gasteiger partial charge is 0.320 e. The molecule has 21 heavy (non-hydrogen) atoms. The molecule has 2 aromatic rings. The summed E-state index contributed by atoms with van der Waals surface area (Å²) >= 11 is 0. The largest absolute Gasteiger partial charge is 0.418 e. The molecule has 2 N–H and O–H groups in total. The number of rotatable bonds is 3. The minimum atomic E-state index is -4.53. The zero-order valence-corrected chi connectivity index (χ0v) is 11.0. The number of anilines is 1. The third kappa shape index (κ3) is 3.71. The van der Waals surface area contributed by atoms with Crippen molar-refractivity contribution in [1.29, 1.82) is 0 Å². The molecule has 0 bridgehead atoms. The molecule has 2 rings (SSSR count). The number of H-pyrrole nitrogens is 1. The van der Waals surface area contributed by atoms with E-state index in [-0.39, 0.29) is 12.2 Å². The van der Waals surface area contributed by atoms with Crippen LogP contribution in [0.2, 0.25) is 0 Å². The van der Waals surface area contributed by atoms with Crippen molar-refractivity contribution in [1.82, 2.24) is 20.1 Å². The molecule has 0 unspecified atom stereocenters. The van der Waals surface area contributed by atoms with Crippen molar-refractivity contribution in [3.8, 4) is 0 Å². The number of aromatic nitrogens is 3. The number of hydrogen-bond donors (Lipinski definition) is 2. The number of carbonyl (C=O) groups is 1. The number of benzene rings is 1. The molecule has 1 aromatic carbocycles. The van der Waals surface area contributed by atoms with E-state index in [1.54, 1.807) is 0 Å². The quantitative estimate of drug-likeness (QED) is 0.914. The summed E-state index contributed by atoms with van der Waals surface area (Å²) in [7, 11) is 1.44. The van der Waals surface area contributed by atoms with Gasteiger partial charge in [-0.15, -0.1) is 0 Å². The predicted molar refractivity (Wildman–Crippen MR) is 68.3 cm³/mol. The summed E-state index contributed by atoms with van der Waals surface area (Å²) in [5, 5.41) is 8.42. The first-order valence-corrected chi connectivity index (χ1v) is 5.90. The molecule has 9 heteroatoms. The van der Waals surface area contributed by atoms with Crippen molar-refractivity contribution < 1.29 is 18.0 Å². The standard InChI is InChI=1S/C12H12F3N5O/c1-20(6-10-16-7-17-19-10)11(21)18-9-5-3-2-4-8(9)12(13,14)15/h2-5,7H,6H2,1H3,(H,18,21)(H,16,17,19). The van der Waals surface area contributed by atoms with Gasteiger partial charge in [-0.1, -0.05) is 12.1 Å². The van der Waals surface area contributed by atoms with Gasteiger partial charge in [0.05, 0.1) is 17.8 Å². The molecular weight excluding hydrogens is 287 g/mol. The Morgan fingerprint density at radius 1 is 1.38 bits per heavy atom. The predicted octanol–water partition coefficient (Wildman–Crippen LogP) is 2.49. The average Bonchev–Trinajstić information content (AvgIpc) is 2.91. The van der Waals surface area contributed by atoms with Gasteiger partial charge in [-0.2, -0.15) is 18.3 Å². The fraction of sp³-hybridized carbons (Fsp3) is 0.250. The minimum Gasteiger partial charge on any atom is -0.320 e. The normalized spacial score (nSPS) is 11.2. The lowest BCUT2D eigenvalue weighted by Gasteiger charge is -2.19. The number of halogens is 3. The Balaban J connectivity index is 2.09. The third-order valence-electron chi connectivity index (χ3n) is 2.67. The average molecular weight is 299 g/mol. The fourth-order valence-corrected chi connectivity index (χ4v) is 1.65. The Hall–Kier alpha value is -2.58. The SMILES string of the molecule is CN(Cc1ncn[nH]1)C(=O)Nc1ccccc1C(F)(F)F. The number of carbonyl (C=O) groups excluding carboxylic acids is 1. The molecular formula is C12H12F3N5O. The zero-order valence-electron chi connectivity index (χ0n) is 11.0. The van der Waals surface area contributed by atoms with Crippen molar-refractivity contribution in [3.05, 3.63) is 42.0 Å². The Bertz CT molecular complexity index is 612. The molecule has 1 aromatic heterocycles. The van der Waals surface area contributed by atoms with E-state index >= 15 is 0 Å². The van der Waals surface area contributed by atoms with Crippen molar-refractivity contribution in [3.63, 3.8) is 0 Å². The molecule has 2 amide bonds. The number of amides is 2. The van der Waals surface area contributed by atoms with Crippen molar-refractivity contribution in [2.75, 3.05) is 12.4 Å². The van der Waals surface area contributed by atoms with Gasteiger partial charge in [0.25, 0.3) is 0 Å². The summed E-state index contributed by atoms with van der Waals surface area (Å²) < 4.78 is 38.5. The molecule has 0 aliphatic carbocycles. The fourth-order valence-electron chi connectivity index (χ4n) is 1.65. The van der Waals surface area contributed by atoms with Gasteiger partial charge >= 0.3 is 12.2 Å². The second-order valence-electron chi connectivity index (χ2n) is 4.26. The minimum absolute atomic E-state index is 0.0972. The van der Waals surface area contributed by atoms with Crippen LogP contribution in [0.15, 0.2) is 30.6 Å². The third-order valence-corrected chi connectivity index (χ3v) is 2.67. The molecule has 0 saturated heterocycles. The first kappa shape index (κ1) is 14.8. The van der Waals surface area contributed by atoms with Crippen LogP contribution in [-0.2, 0) is 12.7 Å². The number of nitrogens with zero attached hydrogens (tertiary/aromatic N) is 3. The highest BCUT2D eigenvalue weighted by atomic mass is 19.4. The second kappa shape index (κ2) is 5.81. The maximum atomic E-state index is 12.8. The lowest BCUT2D eigenvalue weighted by atomic mass is 10.1. The van der Waals surface area contributed by atoms with Crippen LogP contribution in [-0.4, -0.2) is 33.2 Å². The van der Waals surface area contributed by atoms with Gasteiger partial charge in [0.1, 0.15) is 12.2 Å². The molecule has 0 atom stereocenters. The van der Waals surface area contributed by atoms with Gasteiger partial charge in [0, 0.05) is 7.05 Å². The number of alkyl halides is 3. The van der Waals surface area contributed by atoms with Crippen molar-refractivity contribution in [2.45, 2.75) is 12.7 Å². The van der Waals surface area contributed by atoms with Crippen LogP contribution in [0.5, 0.6) is 0 Å². The number of para-hydroxylation sites is 1. The topological polar surface area (TPSA) is 73.9 Å². The Morgan fingerprint density at radius 3 is 2.71 bits per heavy atom. The van der Waals surface area contributed by atoms with Gasteiger partial charge in [0.15, 0.2) is 0 Å². The maximum absolute atomic E-state index is 12.8. The van der Waals surface area contributed by atoms with Gasteiger partial charge in [-0.3, -0.25) is 5.10 Å². The Kier molecular flexibility index (Phi) is 4.10. The van der Waals surface area contributed by atoms with Crippen LogP contribution in [0.25, 0.3) is 0 Å². The number of hydrogen-bond acceptors (Lipinski definition) is 3. The summed E-state index contributed by atoms with van der Waals surface area (Å²) in [5.74, 6) is 0.428. The summed E-state index contributed by atoms with van der Waals surface area (Å²) in [6, 6.07) is 4.11. The lowest BCUT2D eigenvalue weighted by Crippen LogP contribution is -2.32. The highest BCUT2D eigenvalue weighted by Gasteiger charge is 2.33. The highest BCUT2D eigenvalue weighted by molar-refractivity contribution is 5.90. The van der Waals surface area contributed by atoms with E-state index in [1.165, 1.54) is 36.5 Å². The molecule has 6 nitrogen and oxygen atoms in total. The number of urea groups is 1. The van der Waals surface area contributed by atoms with E-state index in [0.717, 1.165) is 6.07 Å². The van der Waals surface area contributed by atoms with Gasteiger partial charge in [-0.05, 0) is 12.1 Å². The van der Waals surface area contributed by atoms with Crippen LogP contribution < -0.4 is 5.32 Å². The van der Waals surface area contributed by atoms with E-state index in [2.05, 4.69) is 20.5 Å². The first-order chi connectivity index (χ1) is 9.88. The van der Waals surface area contributed by atoms with Crippen LogP contribution >= 0.6 is 0 Å². The lowest BCUT2D eigenvalue weighted by molar-refractivity contribution is -0.136. The molecule has 0 aliphatic rings. The van der Waals surface area contributed by atoms with Crippen molar-refractivity contribution >= 4 is 11.7 Å². The molecule has 0 aliphatic heterocycles. The molecule has 112 valence electrons. The van der Waals surface area contributed by atoms with E-state index in [1.807, 2.05) is 0 Å². The van der Waals surface area contributed by atoms with Gasteiger partial charge in [-0.25, -0.2) is 9.78 Å². The summed E-state index contributed by atoms with van der Waals surface area (Å²) in [6.07, 6.45) is -3.26. The highest BCUT2D eigenvalue weighted by Crippen LogP contribution is 2.34. The maximum Gasteiger partial charge on any atom is 0.418 e. The van der Waals surface area contributed by atoms with E-state index in [4.69, 9.17) is 0 Å². The summed E-state index contributed by atoms with van der Waals surface area (Å²) in [5.41, 5.74) is -1.19. The van der Waals surface area contributed by atoms with Crippen LogP contribution in [0.4, 0.5) is 23.7 Å². The molecule has 0 fully saturated rings. The number of aromatic amines is 1. The van der Waals surface area contributed by atoms with Crippen LogP contribution in [0.3, 0.4) is 0 Å². The molecule has 0 saturated carbocycles. The first-order valence-electron chi connectivity index (χ1n) is 5.90. The Labute approximate surface area is 118 Å². The Morgan fingerprint density at radius 2 is 2.10 bits per heavy atom. The number of nitrogens with one attached hydrogen (secondary N) is 2. The summed E-state index contributed by atoms with van der Waals surface area (Å²) in [4.78, 5) is 16.9. The van der Waals surface area contributed by atoms with Gasteiger partial charge < -0.3 is 10.2 Å². The van der Waals surface area contributed by atoms with E-state index in [0.29, 0.717) is 5.82 Å². The summed E-state index contributed by atoms with van der Waals surface area (Å²) in [6.45, 7) is 0.0972. The van der Waals surface area contributed by atoms with E-state index in [9.17, 15) is 18.0 Å². The molecule has 0 spiro atoms. The van der Waals surface area contributed by atoms with Crippen LogP contribution in [0, 0.1) is 0 Å². The van der Waals surface area contributed by atoms with Crippen molar-refractivity contribution in [2.24, 2.45) is 0 Å². The van der Waals surface area contributed by atoms with Gasteiger partial charge in [0.2, 0.25) is 0 Å². The van der Waals surface area contributed by atoms with E-state index < -0.39 is 17.8 Å².